The van der Waals surface area contributed by atoms with Crippen LogP contribution in [0, 0.1) is 5.92 Å². The van der Waals surface area contributed by atoms with Gasteiger partial charge < -0.3 is 14.8 Å². The van der Waals surface area contributed by atoms with Gasteiger partial charge in [0, 0.05) is 31.2 Å². The Labute approximate surface area is 194 Å². The number of allylic oxidation sites excluding steroid dienone is 2. The van der Waals surface area contributed by atoms with Gasteiger partial charge in [-0.3, -0.25) is 14.4 Å². The number of nitrogens with one attached hydrogen (secondary N) is 1. The minimum absolute atomic E-state index is 0.0353. The van der Waals surface area contributed by atoms with Crippen LogP contribution in [0.1, 0.15) is 65.6 Å². The van der Waals surface area contributed by atoms with Gasteiger partial charge in [0.05, 0.1) is 6.54 Å². The maximum atomic E-state index is 13.5. The van der Waals surface area contributed by atoms with Crippen molar-refractivity contribution < 1.29 is 9.59 Å². The fraction of sp³-hybridized carbons (Fsp3) is 0.444. The lowest BCUT2D eigenvalue weighted by atomic mass is 9.90. The highest BCUT2D eigenvalue weighted by Gasteiger charge is 2.32. The highest BCUT2D eigenvalue weighted by molar-refractivity contribution is 5.96. The second kappa shape index (κ2) is 9.38. The van der Waals surface area contributed by atoms with E-state index in [1.165, 1.54) is 0 Å². The molecule has 1 N–H and O–H groups in total. The second-order valence-corrected chi connectivity index (χ2v) is 9.52. The molecule has 0 radical (unpaired) electrons. The number of pyridine rings is 1. The number of aromatic nitrogens is 1. The molecule has 5 rings (SSSR count). The molecule has 33 heavy (non-hydrogen) atoms. The summed E-state index contributed by atoms with van der Waals surface area (Å²) in [7, 11) is 0. The van der Waals surface area contributed by atoms with Gasteiger partial charge in [-0.2, -0.15) is 0 Å². The van der Waals surface area contributed by atoms with E-state index >= 15 is 0 Å². The van der Waals surface area contributed by atoms with Crippen LogP contribution in [-0.2, 0) is 24.3 Å². The first kappa shape index (κ1) is 21.7. The molecule has 0 spiro atoms. The van der Waals surface area contributed by atoms with Crippen molar-refractivity contribution in [3.05, 3.63) is 81.3 Å². The van der Waals surface area contributed by atoms with E-state index in [1.54, 1.807) is 4.57 Å². The average molecular weight is 446 g/mol. The summed E-state index contributed by atoms with van der Waals surface area (Å²) >= 11 is 0. The van der Waals surface area contributed by atoms with E-state index in [1.807, 2.05) is 41.4 Å². The Bertz CT molecular complexity index is 1130. The zero-order valence-corrected chi connectivity index (χ0v) is 19.0. The predicted octanol–water partition coefficient (Wildman–Crippen LogP) is 3.42. The third-order valence-corrected chi connectivity index (χ3v) is 7.26. The van der Waals surface area contributed by atoms with Crippen molar-refractivity contribution in [3.8, 4) is 0 Å². The molecule has 1 saturated carbocycles. The molecule has 0 bridgehead atoms. The van der Waals surface area contributed by atoms with Crippen LogP contribution in [0.2, 0.25) is 0 Å². The van der Waals surface area contributed by atoms with Crippen LogP contribution in [0.4, 0.5) is 0 Å². The molecule has 2 aliphatic carbocycles. The van der Waals surface area contributed by atoms with Gasteiger partial charge in [-0.15, -0.1) is 0 Å². The summed E-state index contributed by atoms with van der Waals surface area (Å²) in [5.74, 6) is -0.0417. The monoisotopic (exact) mass is 445 g/mol. The lowest BCUT2D eigenvalue weighted by Gasteiger charge is -2.34. The zero-order chi connectivity index (χ0) is 22.8. The van der Waals surface area contributed by atoms with Gasteiger partial charge in [-0.1, -0.05) is 42.5 Å². The molecule has 1 aromatic heterocycles. The Morgan fingerprint density at radius 2 is 1.88 bits per heavy atom. The molecule has 1 aliphatic heterocycles. The molecule has 0 saturated heterocycles. The van der Waals surface area contributed by atoms with Crippen molar-refractivity contribution in [1.82, 2.24) is 14.8 Å². The van der Waals surface area contributed by atoms with Gasteiger partial charge in [-0.25, -0.2) is 0 Å². The summed E-state index contributed by atoms with van der Waals surface area (Å²) in [6.45, 7) is 1.41. The molecule has 6 nitrogen and oxygen atoms in total. The van der Waals surface area contributed by atoms with Crippen molar-refractivity contribution in [2.75, 3.05) is 6.54 Å². The summed E-state index contributed by atoms with van der Waals surface area (Å²) in [4.78, 5) is 41.7. The maximum Gasteiger partial charge on any atom is 0.264 e. The molecule has 3 aliphatic rings. The van der Waals surface area contributed by atoms with E-state index in [2.05, 4.69) is 17.5 Å². The average Bonchev–Trinajstić information content (AvgIpc) is 2.82. The van der Waals surface area contributed by atoms with Crippen LogP contribution >= 0.6 is 0 Å². The number of carbonyl (C=O) groups excluding carboxylic acids is 2. The number of carbonyl (C=O) groups is 2. The second-order valence-electron chi connectivity index (χ2n) is 9.52. The number of amides is 2. The van der Waals surface area contributed by atoms with Gasteiger partial charge in [0.2, 0.25) is 5.91 Å². The standard InChI is InChI=1S/C27H31N3O3/c31-25(28-22-12-7-13-22)24-23-14-15-29(26(32)20-10-5-2-6-11-20)17-21(23)18-30(27(24)33)16-19-8-3-1-4-9-19/h1-5,8-9,18,20,22H,6-7,10-17H2,(H,28,31). The molecular weight excluding hydrogens is 414 g/mol. The summed E-state index contributed by atoms with van der Waals surface area (Å²) < 4.78 is 1.64. The third kappa shape index (κ3) is 4.52. The molecule has 6 heteroatoms. The topological polar surface area (TPSA) is 71.4 Å². The first-order chi connectivity index (χ1) is 16.1. The normalized spacial score (nSPS) is 20.1. The van der Waals surface area contributed by atoms with Gasteiger partial charge in [0.15, 0.2) is 0 Å². The lowest BCUT2D eigenvalue weighted by molar-refractivity contribution is -0.136. The van der Waals surface area contributed by atoms with Crippen molar-refractivity contribution in [2.45, 2.75) is 64.1 Å². The largest absolute Gasteiger partial charge is 0.349 e. The van der Waals surface area contributed by atoms with Gasteiger partial charge in [-0.05, 0) is 61.6 Å². The van der Waals surface area contributed by atoms with Crippen molar-refractivity contribution in [2.24, 2.45) is 5.92 Å². The predicted molar refractivity (Wildman–Crippen MR) is 127 cm³/mol. The number of nitrogens with zero attached hydrogens (tertiary/aromatic N) is 2. The first-order valence-electron chi connectivity index (χ1n) is 12.1. The maximum absolute atomic E-state index is 13.5. The minimum atomic E-state index is -0.263. The first-order valence-corrected chi connectivity index (χ1v) is 12.1. The summed E-state index contributed by atoms with van der Waals surface area (Å²) in [5, 5.41) is 3.06. The summed E-state index contributed by atoms with van der Waals surface area (Å²) in [5.41, 5.74) is 2.75. The molecule has 1 fully saturated rings. The SMILES string of the molecule is O=C(NC1CCC1)c1c2c(cn(Cc3ccccc3)c1=O)CN(C(=O)C1CC=CCC1)CC2. The van der Waals surface area contributed by atoms with Crippen LogP contribution in [0.25, 0.3) is 0 Å². The number of hydrogen-bond donors (Lipinski definition) is 1. The Morgan fingerprint density at radius 3 is 2.58 bits per heavy atom. The number of fused-ring (bicyclic) bond motifs is 1. The van der Waals surface area contributed by atoms with Crippen molar-refractivity contribution in [1.29, 1.82) is 0 Å². The quantitative estimate of drug-likeness (QED) is 0.717. The van der Waals surface area contributed by atoms with Crippen LogP contribution in [-0.4, -0.2) is 33.9 Å². The summed E-state index contributed by atoms with van der Waals surface area (Å²) in [6, 6.07) is 9.96. The van der Waals surface area contributed by atoms with E-state index in [0.29, 0.717) is 26.1 Å². The highest BCUT2D eigenvalue weighted by Crippen LogP contribution is 2.27. The van der Waals surface area contributed by atoms with Crippen molar-refractivity contribution >= 4 is 11.8 Å². The van der Waals surface area contributed by atoms with Crippen molar-refractivity contribution in [3.63, 3.8) is 0 Å². The van der Waals surface area contributed by atoms with E-state index in [-0.39, 0.29) is 34.9 Å². The molecule has 1 unspecified atom stereocenters. The van der Waals surface area contributed by atoms with Crippen LogP contribution < -0.4 is 10.9 Å². The van der Waals surface area contributed by atoms with E-state index in [0.717, 1.165) is 55.2 Å². The van der Waals surface area contributed by atoms with Crippen LogP contribution in [0.15, 0.2) is 53.5 Å². The Kier molecular flexibility index (Phi) is 6.16. The molecular formula is C27H31N3O3. The van der Waals surface area contributed by atoms with E-state index in [9.17, 15) is 14.4 Å². The van der Waals surface area contributed by atoms with E-state index in [4.69, 9.17) is 0 Å². The molecule has 2 amide bonds. The Morgan fingerprint density at radius 1 is 1.06 bits per heavy atom. The lowest BCUT2D eigenvalue weighted by Crippen LogP contribution is -2.45. The Hall–Kier alpha value is -3.15. The van der Waals surface area contributed by atoms with Gasteiger partial charge in [0.1, 0.15) is 5.56 Å². The van der Waals surface area contributed by atoms with Crippen LogP contribution in [0.5, 0.6) is 0 Å². The van der Waals surface area contributed by atoms with Gasteiger partial charge in [0.25, 0.3) is 11.5 Å². The number of hydrogen-bond acceptors (Lipinski definition) is 3. The molecule has 172 valence electrons. The number of benzene rings is 1. The van der Waals surface area contributed by atoms with Crippen LogP contribution in [0.3, 0.4) is 0 Å². The van der Waals surface area contributed by atoms with Gasteiger partial charge >= 0.3 is 0 Å². The highest BCUT2D eigenvalue weighted by atomic mass is 16.2. The molecule has 2 aromatic rings. The fourth-order valence-electron chi connectivity index (χ4n) is 5.12. The summed E-state index contributed by atoms with van der Waals surface area (Å²) in [6.07, 6.45) is 12.3. The Balaban J connectivity index is 1.48. The number of rotatable bonds is 5. The minimum Gasteiger partial charge on any atom is -0.349 e. The van der Waals surface area contributed by atoms with E-state index < -0.39 is 0 Å². The smallest absolute Gasteiger partial charge is 0.264 e. The molecule has 1 aromatic carbocycles. The molecule has 1 atom stereocenters. The third-order valence-electron chi connectivity index (χ3n) is 7.26. The molecule has 2 heterocycles. The fourth-order valence-corrected chi connectivity index (χ4v) is 5.12. The zero-order valence-electron chi connectivity index (χ0n) is 19.0.